The van der Waals surface area contributed by atoms with Gasteiger partial charge in [-0.25, -0.2) is 4.99 Å². The summed E-state index contributed by atoms with van der Waals surface area (Å²) in [6, 6.07) is 6.21. The molecule has 8 nitrogen and oxygen atoms in total. The van der Waals surface area contributed by atoms with Gasteiger partial charge in [-0.3, -0.25) is 9.78 Å². The van der Waals surface area contributed by atoms with Gasteiger partial charge in [-0.1, -0.05) is 12.6 Å². The zero-order valence-electron chi connectivity index (χ0n) is 16.8. The third-order valence-corrected chi connectivity index (χ3v) is 5.24. The first-order valence-corrected chi connectivity index (χ1v) is 9.61. The summed E-state index contributed by atoms with van der Waals surface area (Å²) in [7, 11) is 4.04. The Morgan fingerprint density at radius 1 is 1.21 bits per heavy atom. The highest BCUT2D eigenvalue weighted by Crippen LogP contribution is 2.29. The van der Waals surface area contributed by atoms with Crippen molar-refractivity contribution in [3.05, 3.63) is 54.8 Å². The molecule has 1 aliphatic rings. The van der Waals surface area contributed by atoms with Crippen molar-refractivity contribution in [2.45, 2.75) is 0 Å². The van der Waals surface area contributed by atoms with Crippen LogP contribution in [0, 0.1) is 0 Å². The summed E-state index contributed by atoms with van der Waals surface area (Å²) in [4.78, 5) is 8.91. The van der Waals surface area contributed by atoms with E-state index in [0.29, 0.717) is 0 Å². The fourth-order valence-corrected chi connectivity index (χ4v) is 3.55. The van der Waals surface area contributed by atoms with E-state index in [4.69, 9.17) is 5.73 Å². The molecule has 0 bridgehead atoms. The number of aliphatic imine (C=N–C) groups is 1. The molecule has 3 heterocycles. The lowest BCUT2D eigenvalue weighted by molar-refractivity contribution is 0.185. The molecule has 1 fully saturated rings. The number of H-pyrrole nitrogens is 1. The first-order valence-electron chi connectivity index (χ1n) is 9.61. The van der Waals surface area contributed by atoms with Crippen molar-refractivity contribution in [2.24, 2.45) is 17.8 Å². The van der Waals surface area contributed by atoms with Gasteiger partial charge in [-0.05, 0) is 36.4 Å². The Bertz CT molecular complexity index is 1080. The van der Waals surface area contributed by atoms with Crippen LogP contribution in [0.4, 0.5) is 0 Å². The van der Waals surface area contributed by atoms with Crippen molar-refractivity contribution >= 4 is 22.8 Å². The Kier molecular flexibility index (Phi) is 5.18. The maximum atomic E-state index is 5.61. The third kappa shape index (κ3) is 3.93. The molecule has 3 N–H and O–H groups in total. The van der Waals surface area contributed by atoms with Crippen LogP contribution in [0.5, 0.6) is 0 Å². The number of hydrogen-bond acceptors (Lipinski definition) is 5. The largest absolute Gasteiger partial charge is 0.390 e. The van der Waals surface area contributed by atoms with E-state index in [1.165, 1.54) is 6.34 Å². The second kappa shape index (κ2) is 7.92. The van der Waals surface area contributed by atoms with Gasteiger partial charge in [0, 0.05) is 50.4 Å². The maximum Gasteiger partial charge on any atom is 0.130 e. The Morgan fingerprint density at radius 2 is 2.00 bits per heavy atom. The Morgan fingerprint density at radius 3 is 2.69 bits per heavy atom. The van der Waals surface area contributed by atoms with Crippen molar-refractivity contribution in [3.8, 4) is 11.1 Å². The van der Waals surface area contributed by atoms with Crippen molar-refractivity contribution in [3.63, 3.8) is 0 Å². The molecule has 1 saturated heterocycles. The van der Waals surface area contributed by atoms with Gasteiger partial charge >= 0.3 is 0 Å². The maximum absolute atomic E-state index is 5.61. The highest BCUT2D eigenvalue weighted by atomic mass is 15.3. The Labute approximate surface area is 170 Å². The highest BCUT2D eigenvalue weighted by molar-refractivity contribution is 5.94. The minimum absolute atomic E-state index is 0.791. The second-order valence-corrected chi connectivity index (χ2v) is 7.33. The molecule has 2 aromatic heterocycles. The number of aryl methyl sites for hydroxylation is 1. The second-order valence-electron chi connectivity index (χ2n) is 7.33. The van der Waals surface area contributed by atoms with E-state index < -0.39 is 0 Å². The number of aromatic amines is 1. The average Bonchev–Trinajstić information content (AvgIpc) is 3.34. The molecule has 0 spiro atoms. The molecular formula is C21H26N8. The molecule has 1 aromatic carbocycles. The van der Waals surface area contributed by atoms with E-state index >= 15 is 0 Å². The molecule has 0 unspecified atom stereocenters. The van der Waals surface area contributed by atoms with Crippen molar-refractivity contribution in [1.29, 1.82) is 0 Å². The van der Waals surface area contributed by atoms with Crippen LogP contribution >= 0.6 is 0 Å². The molecule has 8 heteroatoms. The van der Waals surface area contributed by atoms with Gasteiger partial charge in [0.1, 0.15) is 5.82 Å². The van der Waals surface area contributed by atoms with Crippen LogP contribution in [0.25, 0.3) is 27.6 Å². The molecule has 0 saturated carbocycles. The normalized spacial score (nSPS) is 16.2. The van der Waals surface area contributed by atoms with E-state index in [2.05, 4.69) is 55.8 Å². The van der Waals surface area contributed by atoms with Crippen LogP contribution in [0.2, 0.25) is 0 Å². The van der Waals surface area contributed by atoms with Crippen molar-refractivity contribution < 1.29 is 0 Å². The van der Waals surface area contributed by atoms with Crippen LogP contribution in [0.15, 0.2) is 54.1 Å². The van der Waals surface area contributed by atoms with Gasteiger partial charge in [0.2, 0.25) is 0 Å². The van der Waals surface area contributed by atoms with Gasteiger partial charge < -0.3 is 15.5 Å². The van der Waals surface area contributed by atoms with Crippen LogP contribution in [-0.2, 0) is 7.05 Å². The topological polar surface area (TPSA) is 91.4 Å². The lowest BCUT2D eigenvalue weighted by Crippen LogP contribution is -2.43. The van der Waals surface area contributed by atoms with E-state index in [1.54, 1.807) is 4.68 Å². The van der Waals surface area contributed by atoms with Gasteiger partial charge in [-0.2, -0.15) is 10.2 Å². The van der Waals surface area contributed by atoms with E-state index in [-0.39, 0.29) is 0 Å². The summed E-state index contributed by atoms with van der Waals surface area (Å²) in [6.07, 6.45) is 7.15. The first kappa shape index (κ1) is 18.9. The van der Waals surface area contributed by atoms with E-state index in [1.807, 2.05) is 31.6 Å². The number of benzene rings is 1. The smallest absolute Gasteiger partial charge is 0.130 e. The number of allylic oxidation sites excluding steroid dienone is 2. The van der Waals surface area contributed by atoms with Crippen LogP contribution in [0.1, 0.15) is 5.69 Å². The fraction of sp³-hybridized carbons (Fsp3) is 0.286. The SMILES string of the molecule is C=C(/C=C(\N=CN)N1CCN(C)CC1)c1n[nH]c2ccc(-c3cnn(C)c3)cc12. The highest BCUT2D eigenvalue weighted by Gasteiger charge is 2.17. The number of piperazine rings is 1. The Balaban J connectivity index is 1.67. The van der Waals surface area contributed by atoms with Crippen molar-refractivity contribution in [1.82, 2.24) is 29.8 Å². The predicted molar refractivity (Wildman–Crippen MR) is 117 cm³/mol. The monoisotopic (exact) mass is 390 g/mol. The van der Waals surface area contributed by atoms with Gasteiger partial charge in [0.25, 0.3) is 0 Å². The molecule has 0 atom stereocenters. The van der Waals surface area contributed by atoms with Crippen LogP contribution in [-0.4, -0.2) is 69.3 Å². The lowest BCUT2D eigenvalue weighted by atomic mass is 10.0. The van der Waals surface area contributed by atoms with Crippen LogP contribution in [0.3, 0.4) is 0 Å². The first-order chi connectivity index (χ1) is 14.0. The zero-order chi connectivity index (χ0) is 20.4. The molecule has 0 radical (unpaired) electrons. The predicted octanol–water partition coefficient (Wildman–Crippen LogP) is 2.05. The van der Waals surface area contributed by atoms with Crippen LogP contribution < -0.4 is 5.73 Å². The molecule has 1 aliphatic heterocycles. The summed E-state index contributed by atoms with van der Waals surface area (Å²) >= 11 is 0. The number of nitrogens with two attached hydrogens (primary N) is 1. The molecule has 4 rings (SSSR count). The number of aromatic nitrogens is 4. The Hall–Kier alpha value is -3.39. The molecule has 0 amide bonds. The standard InChI is InChI=1S/C21H26N8/c1-15(10-20(23-14-22)29-8-6-27(2)7-9-29)21-18-11-16(4-5-19(18)25-26-21)17-12-24-28(3)13-17/h4-5,10-14H,1,6-9H2,2-3H3,(H2,22,23)(H,25,26)/b20-10+. The molecular weight excluding hydrogens is 364 g/mol. The average molecular weight is 390 g/mol. The summed E-state index contributed by atoms with van der Waals surface area (Å²) < 4.78 is 1.80. The fourth-order valence-electron chi connectivity index (χ4n) is 3.55. The van der Waals surface area contributed by atoms with Gasteiger partial charge in [0.05, 0.1) is 23.7 Å². The number of likely N-dealkylation sites (N-methyl/N-ethyl adjacent to an activating group) is 1. The quantitative estimate of drug-likeness (QED) is 0.395. The van der Waals surface area contributed by atoms with Crippen molar-refractivity contribution in [2.75, 3.05) is 33.2 Å². The van der Waals surface area contributed by atoms with Gasteiger partial charge in [-0.15, -0.1) is 0 Å². The molecule has 3 aromatic rings. The molecule has 0 aliphatic carbocycles. The third-order valence-electron chi connectivity index (χ3n) is 5.24. The number of nitrogens with one attached hydrogen (secondary N) is 1. The number of hydrogen-bond donors (Lipinski definition) is 2. The molecule has 29 heavy (non-hydrogen) atoms. The summed E-state index contributed by atoms with van der Waals surface area (Å²) in [6.45, 7) is 8.04. The number of fused-ring (bicyclic) bond motifs is 1. The van der Waals surface area contributed by atoms with Gasteiger partial charge in [0.15, 0.2) is 0 Å². The summed E-state index contributed by atoms with van der Waals surface area (Å²) in [5.41, 5.74) is 10.3. The molecule has 150 valence electrons. The zero-order valence-corrected chi connectivity index (χ0v) is 16.8. The summed E-state index contributed by atoms with van der Waals surface area (Å²) in [5.74, 6) is 0.810. The minimum atomic E-state index is 0.791. The lowest BCUT2D eigenvalue weighted by Gasteiger charge is -2.33. The summed E-state index contributed by atoms with van der Waals surface area (Å²) in [5, 5.41) is 12.9. The number of rotatable bonds is 5. The minimum Gasteiger partial charge on any atom is -0.390 e. The number of nitrogens with zero attached hydrogens (tertiary/aromatic N) is 6. The van der Waals surface area contributed by atoms with E-state index in [9.17, 15) is 0 Å². The van der Waals surface area contributed by atoms with E-state index in [0.717, 1.165) is 65.3 Å².